The van der Waals surface area contributed by atoms with Crippen LogP contribution in [0.15, 0.2) is 78.9 Å². The number of fused-ring (bicyclic) bond motifs is 2. The molecule has 2 saturated heterocycles. The van der Waals surface area contributed by atoms with Crippen LogP contribution >= 0.6 is 11.3 Å². The molecule has 2 aliphatic heterocycles. The lowest BCUT2D eigenvalue weighted by atomic mass is 9.78. The Balaban J connectivity index is 0.000000173. The van der Waals surface area contributed by atoms with Crippen LogP contribution in [-0.2, 0) is 25.7 Å². The fourth-order valence-corrected chi connectivity index (χ4v) is 7.31. The van der Waals surface area contributed by atoms with Gasteiger partial charge < -0.3 is 20.0 Å². The van der Waals surface area contributed by atoms with Crippen LogP contribution in [0.25, 0.3) is 10.1 Å². The maximum absolute atomic E-state index is 13.1. The Kier molecular flexibility index (Phi) is 13.1. The summed E-state index contributed by atoms with van der Waals surface area (Å²) >= 11 is 1.29. The molecule has 3 heterocycles. The third kappa shape index (κ3) is 10.00. The molecule has 0 spiro atoms. The number of carbonyl (C=O) groups is 4. The maximum atomic E-state index is 13.1. The molecule has 51 heavy (non-hydrogen) atoms. The lowest BCUT2D eigenvalue weighted by Gasteiger charge is -2.31. The van der Waals surface area contributed by atoms with Crippen molar-refractivity contribution in [2.45, 2.75) is 70.8 Å². The molecule has 8 nitrogen and oxygen atoms in total. The zero-order chi connectivity index (χ0) is 37.3. The number of hydrogen-bond acceptors (Lipinski definition) is 5. The Hall–Kier alpha value is -4.64. The summed E-state index contributed by atoms with van der Waals surface area (Å²) in [5.74, 6) is -2.74. The molecule has 0 radical (unpaired) electrons. The number of nitrogens with zero attached hydrogens (tertiary/aromatic N) is 3. The Morgan fingerprint density at radius 2 is 1.55 bits per heavy atom. The van der Waals surface area contributed by atoms with E-state index in [4.69, 9.17) is 0 Å². The van der Waals surface area contributed by atoms with E-state index >= 15 is 0 Å². The molecule has 0 saturated carbocycles. The van der Waals surface area contributed by atoms with Crippen LogP contribution in [-0.4, -0.2) is 73.7 Å². The summed E-state index contributed by atoms with van der Waals surface area (Å²) in [6.45, 7) is 9.19. The molecule has 272 valence electrons. The van der Waals surface area contributed by atoms with Gasteiger partial charge in [0.2, 0.25) is 18.2 Å². The molecule has 2 fully saturated rings. The fraction of sp³-hybridized carbons (Fsp3) is 0.400. The van der Waals surface area contributed by atoms with E-state index in [0.29, 0.717) is 29.3 Å². The average Bonchev–Trinajstić information content (AvgIpc) is 3.77. The van der Waals surface area contributed by atoms with E-state index < -0.39 is 5.92 Å². The molecule has 11 heteroatoms. The number of benzene rings is 3. The van der Waals surface area contributed by atoms with Crippen LogP contribution in [0.2, 0.25) is 0 Å². The van der Waals surface area contributed by atoms with Crippen molar-refractivity contribution in [1.82, 2.24) is 15.1 Å². The number of halogens is 2. The van der Waals surface area contributed by atoms with E-state index in [1.807, 2.05) is 23.1 Å². The zero-order valence-corrected chi connectivity index (χ0v) is 31.1. The number of carbonyl (C=O) groups excluding carboxylic acids is 4. The molecule has 4 amide bonds. The van der Waals surface area contributed by atoms with Gasteiger partial charge in [-0.2, -0.15) is 0 Å². The highest BCUT2D eigenvalue weighted by atomic mass is 32.1. The van der Waals surface area contributed by atoms with E-state index in [1.165, 1.54) is 34.6 Å². The van der Waals surface area contributed by atoms with Crippen LogP contribution in [0.4, 0.5) is 14.5 Å². The minimum absolute atomic E-state index is 0.0359. The van der Waals surface area contributed by atoms with Gasteiger partial charge in [0.15, 0.2) is 0 Å². The molecule has 1 unspecified atom stereocenters. The van der Waals surface area contributed by atoms with Crippen LogP contribution < -0.4 is 10.2 Å². The summed E-state index contributed by atoms with van der Waals surface area (Å²) in [7, 11) is 3.29. The van der Waals surface area contributed by atoms with Gasteiger partial charge in [0, 0.05) is 81.4 Å². The van der Waals surface area contributed by atoms with Gasteiger partial charge >= 0.3 is 0 Å². The largest absolute Gasteiger partial charge is 0.354 e. The van der Waals surface area contributed by atoms with Gasteiger partial charge in [-0.15, -0.1) is 11.3 Å². The third-order valence-corrected chi connectivity index (χ3v) is 10.7. The van der Waals surface area contributed by atoms with Gasteiger partial charge in [0.25, 0.3) is 11.8 Å². The average molecular weight is 719 g/mol. The normalized spacial score (nSPS) is 16.1. The van der Waals surface area contributed by atoms with E-state index in [9.17, 15) is 28.0 Å². The fourth-order valence-electron chi connectivity index (χ4n) is 6.32. The summed E-state index contributed by atoms with van der Waals surface area (Å²) < 4.78 is 27.1. The van der Waals surface area contributed by atoms with Gasteiger partial charge in [-0.3, -0.25) is 19.2 Å². The quantitative estimate of drug-likeness (QED) is 0.208. The van der Waals surface area contributed by atoms with Crippen LogP contribution in [0.3, 0.4) is 0 Å². The maximum Gasteiger partial charge on any atom is 0.270 e. The topological polar surface area (TPSA) is 90.0 Å². The molecule has 0 aliphatic carbocycles. The standard InChI is InChI=1S/C17H19NO.C12H11F2NOS.C11H18N2O2/c1-17(2,14-7-5-4-6-8-14)15-9-11-16(12-10-15)18(3)13-19;1-12(13,14)8-3-4-9-7(5-8)6-10(17-9)11(16)15-2;1-9(14)12-7-4-10-3-2-6-13(10)11(15)5-8-12/h4-13H,1-3H3;3-6H,1-2H3,(H,15,16);10H,2-8H2,1H3. The van der Waals surface area contributed by atoms with Gasteiger partial charge in [-0.1, -0.05) is 62.4 Å². The second-order valence-electron chi connectivity index (χ2n) is 13.5. The smallest absolute Gasteiger partial charge is 0.270 e. The molecule has 0 bridgehead atoms. The highest BCUT2D eigenvalue weighted by molar-refractivity contribution is 7.20. The third-order valence-electron chi connectivity index (χ3n) is 9.59. The SMILES string of the molecule is CC(=O)N1CCC(=O)N2CCCC2CC1.CN(C=O)c1ccc(C(C)(C)c2ccccc2)cc1.CNC(=O)c1cc2cc(C(C)(F)F)ccc2s1. The Bertz CT molecular complexity index is 1800. The molecule has 4 aromatic rings. The lowest BCUT2D eigenvalue weighted by molar-refractivity contribution is -0.136. The minimum Gasteiger partial charge on any atom is -0.354 e. The first-order chi connectivity index (χ1) is 24.1. The summed E-state index contributed by atoms with van der Waals surface area (Å²) in [5.41, 5.74) is 3.35. The van der Waals surface area contributed by atoms with Gasteiger partial charge in [-0.25, -0.2) is 8.78 Å². The second kappa shape index (κ2) is 17.0. The van der Waals surface area contributed by atoms with Gasteiger partial charge in [0.05, 0.1) is 4.88 Å². The first kappa shape index (κ1) is 39.2. The predicted octanol–water partition coefficient (Wildman–Crippen LogP) is 7.60. The first-order valence-corrected chi connectivity index (χ1v) is 18.0. The lowest BCUT2D eigenvalue weighted by Crippen LogP contribution is -2.44. The number of hydrogen-bond donors (Lipinski definition) is 1. The molecule has 2 aliphatic rings. The van der Waals surface area contributed by atoms with Crippen molar-refractivity contribution in [3.63, 3.8) is 0 Å². The van der Waals surface area contributed by atoms with Crippen LogP contribution in [0.5, 0.6) is 0 Å². The predicted molar refractivity (Wildman–Crippen MR) is 200 cm³/mol. The number of thiophene rings is 1. The van der Waals surface area contributed by atoms with Crippen molar-refractivity contribution in [2.24, 2.45) is 0 Å². The van der Waals surface area contributed by atoms with Crippen molar-refractivity contribution in [3.05, 3.63) is 100 Å². The Morgan fingerprint density at radius 3 is 2.16 bits per heavy atom. The molecule has 1 atom stereocenters. The van der Waals surface area contributed by atoms with Crippen molar-refractivity contribution in [2.75, 3.05) is 38.6 Å². The van der Waals surface area contributed by atoms with E-state index in [0.717, 1.165) is 56.1 Å². The highest BCUT2D eigenvalue weighted by Gasteiger charge is 2.31. The number of nitrogens with one attached hydrogen (secondary N) is 1. The van der Waals surface area contributed by atoms with Crippen LogP contribution in [0.1, 0.15) is 79.7 Å². The van der Waals surface area contributed by atoms with Crippen molar-refractivity contribution >= 4 is 51.2 Å². The number of amides is 4. The molecule has 6 rings (SSSR count). The molecular weight excluding hydrogens is 671 g/mol. The second-order valence-corrected chi connectivity index (χ2v) is 14.6. The van der Waals surface area contributed by atoms with Crippen molar-refractivity contribution in [3.8, 4) is 0 Å². The first-order valence-electron chi connectivity index (χ1n) is 17.2. The van der Waals surface area contributed by atoms with Crippen molar-refractivity contribution < 1.29 is 28.0 Å². The number of rotatable bonds is 6. The van der Waals surface area contributed by atoms with E-state index in [2.05, 4.69) is 55.6 Å². The van der Waals surface area contributed by atoms with Crippen LogP contribution in [0, 0.1) is 0 Å². The Labute approximate surface area is 303 Å². The molecule has 1 N–H and O–H groups in total. The number of alkyl halides is 2. The molecule has 3 aromatic carbocycles. The summed E-state index contributed by atoms with van der Waals surface area (Å²) in [5, 5.41) is 3.18. The zero-order valence-electron chi connectivity index (χ0n) is 30.2. The minimum atomic E-state index is -2.86. The summed E-state index contributed by atoms with van der Waals surface area (Å²) in [6.07, 6.45) is 4.49. The highest BCUT2D eigenvalue weighted by Crippen LogP contribution is 2.34. The van der Waals surface area contributed by atoms with Crippen molar-refractivity contribution in [1.29, 1.82) is 0 Å². The number of anilines is 1. The summed E-state index contributed by atoms with van der Waals surface area (Å²) in [6, 6.07) is 25.0. The summed E-state index contributed by atoms with van der Waals surface area (Å²) in [4.78, 5) is 51.1. The Morgan fingerprint density at radius 1 is 0.902 bits per heavy atom. The van der Waals surface area contributed by atoms with E-state index in [-0.39, 0.29) is 28.7 Å². The van der Waals surface area contributed by atoms with Gasteiger partial charge in [-0.05, 0) is 66.1 Å². The monoisotopic (exact) mass is 718 g/mol. The van der Waals surface area contributed by atoms with E-state index in [1.54, 1.807) is 43.0 Å². The molecular formula is C40H48F2N4O4S. The molecule has 1 aromatic heterocycles. The van der Waals surface area contributed by atoms with Gasteiger partial charge in [0.1, 0.15) is 0 Å².